The average Bonchev–Trinajstić information content (AvgIpc) is 3.50. The van der Waals surface area contributed by atoms with Crippen molar-refractivity contribution < 1.29 is 22.6 Å². The molecule has 0 saturated heterocycles. The molecule has 12 nitrogen and oxygen atoms in total. The van der Waals surface area contributed by atoms with Gasteiger partial charge in [0, 0.05) is 32.7 Å². The first-order valence-electron chi connectivity index (χ1n) is 11.1. The van der Waals surface area contributed by atoms with Gasteiger partial charge in [0.2, 0.25) is 0 Å². The molecular weight excluding hydrogens is 522 g/mol. The van der Waals surface area contributed by atoms with Crippen molar-refractivity contribution in [1.29, 1.82) is 0 Å². The molecular formula is C23H26ClN7O5S. The molecule has 196 valence electrons. The van der Waals surface area contributed by atoms with Gasteiger partial charge in [-0.2, -0.15) is 5.10 Å². The summed E-state index contributed by atoms with van der Waals surface area (Å²) < 4.78 is 47.2. The van der Waals surface area contributed by atoms with Crippen molar-refractivity contribution in [3.63, 3.8) is 0 Å². The zero-order valence-corrected chi connectivity index (χ0v) is 22.4. The fourth-order valence-corrected chi connectivity index (χ4v) is 5.39. The molecule has 3 heterocycles. The molecule has 4 aromatic rings. The van der Waals surface area contributed by atoms with Crippen LogP contribution in [0.3, 0.4) is 0 Å². The average molecular weight is 548 g/mol. The maximum atomic E-state index is 13.7. The summed E-state index contributed by atoms with van der Waals surface area (Å²) in [6.45, 7) is 1.53. The van der Waals surface area contributed by atoms with E-state index in [0.29, 0.717) is 33.7 Å². The van der Waals surface area contributed by atoms with Gasteiger partial charge in [0.05, 0.1) is 24.5 Å². The second-order valence-electron chi connectivity index (χ2n) is 8.09. The van der Waals surface area contributed by atoms with E-state index in [0.717, 1.165) is 0 Å². The van der Waals surface area contributed by atoms with Gasteiger partial charge in [-0.3, -0.25) is 9.25 Å². The second-order valence-corrected chi connectivity index (χ2v) is 10.9. The molecule has 3 aromatic heterocycles. The standard InChI is InChI=1S/C23H26ClN7O5S/c1-14(21(36-5)22-25-11-15(24)12-26-22)37(32,33)13-19-27-28-23(16-9-10-30(2)29-16)31(19)20-17(34-3)7-6-8-18(20)35-4/h6-12,14,21H,13H2,1-5H3/t14-,21-/m0/s1. The first-order valence-corrected chi connectivity index (χ1v) is 13.2. The molecule has 0 saturated carbocycles. The van der Waals surface area contributed by atoms with Crippen molar-refractivity contribution in [2.24, 2.45) is 7.05 Å². The van der Waals surface area contributed by atoms with E-state index in [1.807, 2.05) is 0 Å². The van der Waals surface area contributed by atoms with Crippen molar-refractivity contribution >= 4 is 21.4 Å². The minimum absolute atomic E-state index is 0.141. The Morgan fingerprint density at radius 2 is 1.68 bits per heavy atom. The number of aryl methyl sites for hydroxylation is 1. The molecule has 14 heteroatoms. The van der Waals surface area contributed by atoms with Crippen LogP contribution in [0.15, 0.2) is 42.9 Å². The largest absolute Gasteiger partial charge is 0.494 e. The second kappa shape index (κ2) is 10.8. The summed E-state index contributed by atoms with van der Waals surface area (Å²) in [5.74, 6) is 1.07. The van der Waals surface area contributed by atoms with Gasteiger partial charge in [-0.1, -0.05) is 17.7 Å². The molecule has 0 amide bonds. The van der Waals surface area contributed by atoms with Gasteiger partial charge in [0.1, 0.15) is 34.7 Å². The topological polar surface area (TPSA) is 136 Å². The zero-order valence-electron chi connectivity index (χ0n) is 20.9. The lowest BCUT2D eigenvalue weighted by molar-refractivity contribution is 0.0948. The predicted octanol–water partition coefficient (Wildman–Crippen LogP) is 2.82. The molecule has 0 spiro atoms. The van der Waals surface area contributed by atoms with Gasteiger partial charge < -0.3 is 14.2 Å². The molecule has 4 rings (SSSR count). The summed E-state index contributed by atoms with van der Waals surface area (Å²) in [4.78, 5) is 8.28. The number of sulfone groups is 1. The van der Waals surface area contributed by atoms with E-state index < -0.39 is 26.9 Å². The highest BCUT2D eigenvalue weighted by molar-refractivity contribution is 7.91. The number of halogens is 1. The van der Waals surface area contributed by atoms with Crippen LogP contribution in [0.1, 0.15) is 24.7 Å². The number of hydrogen-bond donors (Lipinski definition) is 0. The number of nitrogens with zero attached hydrogens (tertiary/aromatic N) is 7. The minimum atomic E-state index is -3.88. The van der Waals surface area contributed by atoms with Crippen molar-refractivity contribution in [3.8, 4) is 28.7 Å². The third kappa shape index (κ3) is 5.29. The monoisotopic (exact) mass is 547 g/mol. The SMILES string of the molecule is COc1cccc(OC)c1-n1c(CS(=O)(=O)[C@@H](C)[C@H](OC)c2ncc(Cl)cn2)nnc1-c1ccn(C)n1. The smallest absolute Gasteiger partial charge is 0.189 e. The maximum Gasteiger partial charge on any atom is 0.189 e. The Labute approximate surface area is 219 Å². The van der Waals surface area contributed by atoms with Crippen molar-refractivity contribution in [1.82, 2.24) is 34.5 Å². The molecule has 2 atom stereocenters. The normalized spacial score (nSPS) is 13.4. The molecule has 0 aliphatic carbocycles. The molecule has 37 heavy (non-hydrogen) atoms. The highest BCUT2D eigenvalue weighted by atomic mass is 35.5. The lowest BCUT2D eigenvalue weighted by atomic mass is 10.2. The fourth-order valence-electron chi connectivity index (χ4n) is 3.87. The van der Waals surface area contributed by atoms with Crippen LogP contribution in [0.25, 0.3) is 17.2 Å². The molecule has 0 fully saturated rings. The summed E-state index contributed by atoms with van der Waals surface area (Å²) in [6.07, 6.45) is 3.59. The number of ether oxygens (including phenoxy) is 3. The van der Waals surface area contributed by atoms with Gasteiger partial charge in [-0.05, 0) is 25.1 Å². The van der Waals surface area contributed by atoms with Crippen molar-refractivity contribution in [2.45, 2.75) is 24.0 Å². The molecule has 0 N–H and O–H groups in total. The van der Waals surface area contributed by atoms with E-state index >= 15 is 0 Å². The van der Waals surface area contributed by atoms with Crippen LogP contribution >= 0.6 is 11.6 Å². The Hall–Kier alpha value is -3.55. The van der Waals surface area contributed by atoms with Gasteiger partial charge in [-0.25, -0.2) is 18.4 Å². The Morgan fingerprint density at radius 3 is 2.22 bits per heavy atom. The number of para-hydroxylation sites is 1. The third-order valence-corrected chi connectivity index (χ3v) is 8.01. The molecule has 0 aliphatic heterocycles. The lowest BCUT2D eigenvalue weighted by Crippen LogP contribution is -2.30. The summed E-state index contributed by atoms with van der Waals surface area (Å²) in [5.41, 5.74) is 0.935. The molecule has 0 aliphatic rings. The van der Waals surface area contributed by atoms with Gasteiger partial charge in [0.25, 0.3) is 0 Å². The fraction of sp³-hybridized carbons (Fsp3) is 0.348. The summed E-state index contributed by atoms with van der Waals surface area (Å²) in [6, 6.07) is 6.99. The van der Waals surface area contributed by atoms with Crippen LogP contribution in [0.4, 0.5) is 0 Å². The predicted molar refractivity (Wildman–Crippen MR) is 136 cm³/mol. The number of hydrogen-bond acceptors (Lipinski definition) is 10. The third-order valence-electron chi connectivity index (χ3n) is 5.77. The number of rotatable bonds is 10. The van der Waals surface area contributed by atoms with Crippen LogP contribution in [0, 0.1) is 0 Å². The summed E-state index contributed by atoms with van der Waals surface area (Å²) in [5, 5.41) is 12.3. The van der Waals surface area contributed by atoms with E-state index in [-0.39, 0.29) is 11.6 Å². The van der Waals surface area contributed by atoms with Crippen LogP contribution in [-0.2, 0) is 27.4 Å². The van der Waals surface area contributed by atoms with E-state index in [9.17, 15) is 8.42 Å². The Kier molecular flexibility index (Phi) is 7.76. The van der Waals surface area contributed by atoms with Crippen molar-refractivity contribution in [2.75, 3.05) is 21.3 Å². The number of benzene rings is 1. The minimum Gasteiger partial charge on any atom is -0.494 e. The van der Waals surface area contributed by atoms with Crippen LogP contribution in [0.2, 0.25) is 5.02 Å². The van der Waals surface area contributed by atoms with Gasteiger partial charge in [-0.15, -0.1) is 10.2 Å². The van der Waals surface area contributed by atoms with Gasteiger partial charge in [0.15, 0.2) is 27.3 Å². The van der Waals surface area contributed by atoms with Crippen molar-refractivity contribution in [3.05, 3.63) is 59.5 Å². The first-order chi connectivity index (χ1) is 17.7. The van der Waals surface area contributed by atoms with Gasteiger partial charge >= 0.3 is 0 Å². The number of aromatic nitrogens is 7. The Balaban J connectivity index is 1.82. The highest BCUT2D eigenvalue weighted by Crippen LogP contribution is 2.37. The quantitative estimate of drug-likeness (QED) is 0.291. The van der Waals surface area contributed by atoms with E-state index in [2.05, 4.69) is 25.3 Å². The number of methoxy groups -OCH3 is 3. The van der Waals surface area contributed by atoms with Crippen LogP contribution in [0.5, 0.6) is 11.5 Å². The lowest BCUT2D eigenvalue weighted by Gasteiger charge is -2.22. The molecule has 0 unspecified atom stereocenters. The van der Waals surface area contributed by atoms with Crippen LogP contribution < -0.4 is 9.47 Å². The molecule has 0 radical (unpaired) electrons. The maximum absolute atomic E-state index is 13.7. The summed E-state index contributed by atoms with van der Waals surface area (Å²) in [7, 11) is 2.30. The van der Waals surface area contributed by atoms with E-state index in [1.54, 1.807) is 46.8 Å². The summed E-state index contributed by atoms with van der Waals surface area (Å²) >= 11 is 5.89. The Bertz CT molecular complexity index is 1470. The molecule has 1 aromatic carbocycles. The highest BCUT2D eigenvalue weighted by Gasteiger charge is 2.35. The first kappa shape index (κ1) is 26.5. The van der Waals surface area contributed by atoms with E-state index in [4.69, 9.17) is 25.8 Å². The van der Waals surface area contributed by atoms with Crippen LogP contribution in [-0.4, -0.2) is 69.5 Å². The zero-order chi connectivity index (χ0) is 26.7. The molecule has 0 bridgehead atoms. The Morgan fingerprint density at radius 1 is 1.03 bits per heavy atom. The van der Waals surface area contributed by atoms with E-state index in [1.165, 1.54) is 40.6 Å².